The molecule has 0 spiro atoms. The Hall–Kier alpha value is -1.16. The van der Waals surface area contributed by atoms with E-state index >= 15 is 0 Å². The van der Waals surface area contributed by atoms with E-state index in [0.29, 0.717) is 18.4 Å². The molecule has 0 N–H and O–H groups in total. The smallest absolute Gasteiger partial charge is 0.169 e. The first-order valence-corrected chi connectivity index (χ1v) is 8.09. The van der Waals surface area contributed by atoms with E-state index in [2.05, 4.69) is 18.9 Å². The lowest BCUT2D eigenvalue weighted by molar-refractivity contribution is -0.151. The average molecular weight is 292 g/mol. The second-order valence-corrected chi connectivity index (χ2v) is 6.90. The number of ether oxygens (including phenoxy) is 1. The third-order valence-corrected chi connectivity index (χ3v) is 4.72. The van der Waals surface area contributed by atoms with Crippen LogP contribution in [0.4, 0.5) is 0 Å². The number of ketones is 1. The largest absolute Gasteiger partial charge is 0.367 e. The van der Waals surface area contributed by atoms with Crippen LogP contribution in [0.1, 0.15) is 58.9 Å². The second kappa shape index (κ2) is 6.30. The van der Waals surface area contributed by atoms with Crippen LogP contribution in [0.25, 0.3) is 0 Å². The highest BCUT2D eigenvalue weighted by Gasteiger charge is 2.44. The maximum Gasteiger partial charge on any atom is 0.169 e. The van der Waals surface area contributed by atoms with Crippen LogP contribution in [0.2, 0.25) is 0 Å². The van der Waals surface area contributed by atoms with Gasteiger partial charge in [0.05, 0.1) is 6.20 Å². The van der Waals surface area contributed by atoms with Crippen LogP contribution in [-0.2, 0) is 22.5 Å². The first kappa shape index (κ1) is 16.2. The van der Waals surface area contributed by atoms with Crippen molar-refractivity contribution in [2.75, 3.05) is 6.61 Å². The van der Waals surface area contributed by atoms with Crippen molar-refractivity contribution in [2.24, 2.45) is 5.41 Å². The highest BCUT2D eigenvalue weighted by Crippen LogP contribution is 2.42. The van der Waals surface area contributed by atoms with Gasteiger partial charge in [-0.05, 0) is 50.5 Å². The molecule has 1 aliphatic rings. The van der Waals surface area contributed by atoms with Crippen molar-refractivity contribution in [3.05, 3.63) is 18.0 Å². The molecule has 0 atom stereocenters. The lowest BCUT2D eigenvalue weighted by Gasteiger charge is -2.42. The Labute approximate surface area is 127 Å². The van der Waals surface area contributed by atoms with Crippen molar-refractivity contribution < 1.29 is 9.53 Å². The molecule has 0 aliphatic heterocycles. The van der Waals surface area contributed by atoms with Crippen LogP contribution in [0.15, 0.2) is 12.4 Å². The summed E-state index contributed by atoms with van der Waals surface area (Å²) in [6, 6.07) is 0. The molecule has 4 heteroatoms. The maximum atomic E-state index is 12.8. The van der Waals surface area contributed by atoms with Gasteiger partial charge in [0.1, 0.15) is 5.60 Å². The van der Waals surface area contributed by atoms with Gasteiger partial charge in [-0.2, -0.15) is 5.10 Å². The first-order valence-electron chi connectivity index (χ1n) is 8.09. The lowest BCUT2D eigenvalue weighted by atomic mass is 9.69. The molecule has 21 heavy (non-hydrogen) atoms. The van der Waals surface area contributed by atoms with Crippen molar-refractivity contribution >= 4 is 5.78 Å². The van der Waals surface area contributed by atoms with E-state index in [9.17, 15) is 4.79 Å². The van der Waals surface area contributed by atoms with E-state index in [1.165, 1.54) is 0 Å². The third-order valence-electron chi connectivity index (χ3n) is 4.72. The number of carbonyl (C=O) groups excluding carboxylic acids is 1. The van der Waals surface area contributed by atoms with Gasteiger partial charge in [0, 0.05) is 25.8 Å². The normalized spacial score (nSPS) is 20.4. The predicted octanol–water partition coefficient (Wildman–Crippen LogP) is 3.39. The third kappa shape index (κ3) is 3.73. The van der Waals surface area contributed by atoms with Gasteiger partial charge in [-0.15, -0.1) is 0 Å². The summed E-state index contributed by atoms with van der Waals surface area (Å²) >= 11 is 0. The molecule has 2 rings (SSSR count). The zero-order valence-corrected chi connectivity index (χ0v) is 13.8. The summed E-state index contributed by atoms with van der Waals surface area (Å²) in [5, 5.41) is 4.25. The Bertz CT molecular complexity index is 481. The highest BCUT2D eigenvalue weighted by atomic mass is 16.5. The minimum absolute atomic E-state index is 0.218. The number of aryl methyl sites for hydroxylation is 1. The molecule has 118 valence electrons. The van der Waals surface area contributed by atoms with Gasteiger partial charge < -0.3 is 4.74 Å². The molecule has 1 saturated carbocycles. The van der Waals surface area contributed by atoms with Gasteiger partial charge in [-0.25, -0.2) is 0 Å². The summed E-state index contributed by atoms with van der Waals surface area (Å²) in [4.78, 5) is 12.8. The SMILES string of the molecule is CCOC1(C(=O)Cc2cnn(CC)c2)CCC(C)(C)CC1. The number of rotatable bonds is 6. The Morgan fingerprint density at radius 1 is 1.29 bits per heavy atom. The Kier molecular flexibility index (Phi) is 4.87. The van der Waals surface area contributed by atoms with E-state index in [1.807, 2.05) is 24.7 Å². The van der Waals surface area contributed by atoms with Gasteiger partial charge in [0.25, 0.3) is 0 Å². The van der Waals surface area contributed by atoms with Gasteiger partial charge in [0.15, 0.2) is 5.78 Å². The van der Waals surface area contributed by atoms with E-state index in [1.54, 1.807) is 6.20 Å². The Morgan fingerprint density at radius 3 is 2.48 bits per heavy atom. The molecule has 1 heterocycles. The fourth-order valence-electron chi connectivity index (χ4n) is 3.13. The molecular formula is C17H28N2O2. The number of nitrogens with zero attached hydrogens (tertiary/aromatic N) is 2. The van der Waals surface area contributed by atoms with Crippen LogP contribution in [-0.4, -0.2) is 27.8 Å². The quantitative estimate of drug-likeness (QED) is 0.807. The number of hydrogen-bond donors (Lipinski definition) is 0. The topological polar surface area (TPSA) is 44.1 Å². The molecule has 1 aromatic heterocycles. The monoisotopic (exact) mass is 292 g/mol. The summed E-state index contributed by atoms with van der Waals surface area (Å²) < 4.78 is 7.82. The van der Waals surface area contributed by atoms with Crippen LogP contribution in [0.5, 0.6) is 0 Å². The average Bonchev–Trinajstić information content (AvgIpc) is 2.89. The van der Waals surface area contributed by atoms with Crippen molar-refractivity contribution in [1.29, 1.82) is 0 Å². The molecule has 0 saturated heterocycles. The second-order valence-electron chi connectivity index (χ2n) is 6.90. The fraction of sp³-hybridized carbons (Fsp3) is 0.765. The first-order chi connectivity index (χ1) is 9.91. The molecule has 0 aromatic carbocycles. The Morgan fingerprint density at radius 2 is 1.95 bits per heavy atom. The van der Waals surface area contributed by atoms with Crippen molar-refractivity contribution in [2.45, 2.75) is 71.9 Å². The number of aromatic nitrogens is 2. The lowest BCUT2D eigenvalue weighted by Crippen LogP contribution is -2.47. The summed E-state index contributed by atoms with van der Waals surface area (Å²) in [5.41, 5.74) is 0.748. The summed E-state index contributed by atoms with van der Waals surface area (Å²) in [6.45, 7) is 10.0. The Balaban J connectivity index is 2.09. The molecule has 0 bridgehead atoms. The molecule has 1 aliphatic carbocycles. The van der Waals surface area contributed by atoms with Gasteiger partial charge in [-0.3, -0.25) is 9.48 Å². The fourth-order valence-corrected chi connectivity index (χ4v) is 3.13. The molecule has 1 aromatic rings. The number of carbonyl (C=O) groups is 1. The van der Waals surface area contributed by atoms with E-state index in [-0.39, 0.29) is 5.78 Å². The molecule has 1 fully saturated rings. The van der Waals surface area contributed by atoms with Crippen molar-refractivity contribution in [1.82, 2.24) is 9.78 Å². The summed E-state index contributed by atoms with van der Waals surface area (Å²) in [6.07, 6.45) is 7.97. The number of Topliss-reactive ketones (excluding diaryl/α,β-unsaturated/α-hetero) is 1. The molecular weight excluding hydrogens is 264 g/mol. The zero-order valence-electron chi connectivity index (χ0n) is 13.8. The molecule has 4 nitrogen and oxygen atoms in total. The summed E-state index contributed by atoms with van der Waals surface area (Å²) in [7, 11) is 0. The number of hydrogen-bond acceptors (Lipinski definition) is 3. The summed E-state index contributed by atoms with van der Waals surface area (Å²) in [5.74, 6) is 0.218. The van der Waals surface area contributed by atoms with E-state index in [0.717, 1.165) is 37.8 Å². The zero-order chi connectivity index (χ0) is 15.5. The minimum Gasteiger partial charge on any atom is -0.367 e. The van der Waals surface area contributed by atoms with E-state index < -0.39 is 5.60 Å². The van der Waals surface area contributed by atoms with Gasteiger partial charge >= 0.3 is 0 Å². The molecule has 0 radical (unpaired) electrons. The standard InChI is InChI=1S/C17H28N2O2/c1-5-19-13-14(12-18-19)11-15(20)17(21-6-2)9-7-16(3,4)8-10-17/h12-13H,5-11H2,1-4H3. The minimum atomic E-state index is -0.571. The van der Waals surface area contributed by atoms with E-state index in [4.69, 9.17) is 4.74 Å². The van der Waals surface area contributed by atoms with Crippen molar-refractivity contribution in [3.63, 3.8) is 0 Å². The van der Waals surface area contributed by atoms with Crippen molar-refractivity contribution in [3.8, 4) is 0 Å². The highest BCUT2D eigenvalue weighted by molar-refractivity contribution is 5.89. The van der Waals surface area contributed by atoms with Gasteiger partial charge in [-0.1, -0.05) is 13.8 Å². The van der Waals surface area contributed by atoms with Crippen LogP contribution in [0, 0.1) is 5.41 Å². The van der Waals surface area contributed by atoms with Crippen LogP contribution >= 0.6 is 0 Å². The van der Waals surface area contributed by atoms with Gasteiger partial charge in [0.2, 0.25) is 0 Å². The van der Waals surface area contributed by atoms with Crippen LogP contribution < -0.4 is 0 Å². The molecule has 0 unspecified atom stereocenters. The maximum absolute atomic E-state index is 12.8. The predicted molar refractivity (Wildman–Crippen MR) is 83.2 cm³/mol. The van der Waals surface area contributed by atoms with Crippen LogP contribution in [0.3, 0.4) is 0 Å². The molecule has 0 amide bonds.